The normalized spacial score (nSPS) is 21.8. The molecule has 8 nitrogen and oxygen atoms in total. The fourth-order valence-corrected chi connectivity index (χ4v) is 4.61. The van der Waals surface area contributed by atoms with Crippen LogP contribution in [0.3, 0.4) is 0 Å². The molecule has 1 aliphatic carbocycles. The van der Waals surface area contributed by atoms with Crippen molar-refractivity contribution >= 4 is 11.4 Å². The van der Waals surface area contributed by atoms with Gasteiger partial charge in [-0.3, -0.25) is 19.1 Å². The van der Waals surface area contributed by atoms with E-state index in [4.69, 9.17) is 0 Å². The van der Waals surface area contributed by atoms with Gasteiger partial charge in [0.05, 0.1) is 17.4 Å². The summed E-state index contributed by atoms with van der Waals surface area (Å²) in [6, 6.07) is 5.73. The van der Waals surface area contributed by atoms with Crippen molar-refractivity contribution in [2.45, 2.75) is 45.1 Å². The zero-order valence-corrected chi connectivity index (χ0v) is 17.0. The number of H-pyrrole nitrogens is 1. The van der Waals surface area contributed by atoms with E-state index in [1.165, 1.54) is 22.4 Å². The van der Waals surface area contributed by atoms with E-state index in [1.807, 2.05) is 6.20 Å². The third kappa shape index (κ3) is 3.46. The highest BCUT2D eigenvalue weighted by Gasteiger charge is 2.37. The second kappa shape index (κ2) is 7.27. The molecule has 1 saturated heterocycles. The van der Waals surface area contributed by atoms with E-state index >= 15 is 0 Å². The van der Waals surface area contributed by atoms with E-state index in [0.29, 0.717) is 17.5 Å². The molecule has 1 saturated carbocycles. The number of carbonyl (C=O) groups excluding carboxylic acids is 1. The molecular weight excluding hydrogens is 382 g/mol. The van der Waals surface area contributed by atoms with Crippen molar-refractivity contribution in [1.82, 2.24) is 24.1 Å². The summed E-state index contributed by atoms with van der Waals surface area (Å²) in [5.74, 6) is 1.15. The fraction of sp³-hybridized carbons (Fsp3) is 0.455. The Morgan fingerprint density at radius 2 is 2.03 bits per heavy atom. The number of pyridine rings is 1. The first kappa shape index (κ1) is 18.8. The fourth-order valence-electron chi connectivity index (χ4n) is 4.61. The zero-order chi connectivity index (χ0) is 20.8. The largest absolute Gasteiger partial charge is 0.340 e. The maximum atomic E-state index is 12.4. The molecule has 0 radical (unpaired) electrons. The van der Waals surface area contributed by atoms with E-state index < -0.39 is 11.2 Å². The molecule has 0 aromatic carbocycles. The summed E-state index contributed by atoms with van der Waals surface area (Å²) in [5.41, 5.74) is 1.73. The second-order valence-corrected chi connectivity index (χ2v) is 8.62. The molecular formula is C22H25N5O3. The van der Waals surface area contributed by atoms with E-state index in [2.05, 4.69) is 34.0 Å². The van der Waals surface area contributed by atoms with Crippen LogP contribution in [0.2, 0.25) is 0 Å². The number of piperidine rings is 1. The predicted molar refractivity (Wildman–Crippen MR) is 112 cm³/mol. The Hall–Kier alpha value is -3.16. The Balaban J connectivity index is 1.36. The molecule has 156 valence electrons. The molecule has 0 bridgehead atoms. The van der Waals surface area contributed by atoms with Crippen molar-refractivity contribution in [3.8, 4) is 5.69 Å². The monoisotopic (exact) mass is 407 g/mol. The predicted octanol–water partition coefficient (Wildman–Crippen LogP) is 1.75. The number of fused-ring (bicyclic) bond motifs is 1. The highest BCUT2D eigenvalue weighted by atomic mass is 16.2. The highest BCUT2D eigenvalue weighted by molar-refractivity contribution is 5.81. The molecule has 0 spiro atoms. The Labute approximate surface area is 173 Å². The number of hydrogen-bond acceptors (Lipinski definition) is 4. The van der Waals surface area contributed by atoms with Crippen LogP contribution in [0, 0.1) is 11.8 Å². The minimum absolute atomic E-state index is 0.281. The van der Waals surface area contributed by atoms with Crippen molar-refractivity contribution < 1.29 is 4.79 Å². The molecule has 2 atom stereocenters. The van der Waals surface area contributed by atoms with Gasteiger partial charge in [-0.25, -0.2) is 9.31 Å². The van der Waals surface area contributed by atoms with Gasteiger partial charge in [-0.1, -0.05) is 0 Å². The van der Waals surface area contributed by atoms with Crippen LogP contribution < -0.4 is 11.2 Å². The number of carbonyl (C=O) groups is 1. The molecule has 1 amide bonds. The second-order valence-electron chi connectivity index (χ2n) is 8.62. The first-order chi connectivity index (χ1) is 14.5. The first-order valence-corrected chi connectivity index (χ1v) is 10.6. The third-order valence-corrected chi connectivity index (χ3v) is 6.37. The Kier molecular flexibility index (Phi) is 4.56. The average Bonchev–Trinajstić information content (AvgIpc) is 3.49. The summed E-state index contributed by atoms with van der Waals surface area (Å²) in [6.07, 6.45) is 10.1. The number of rotatable bonds is 4. The summed E-state index contributed by atoms with van der Waals surface area (Å²) in [4.78, 5) is 40.4. The highest BCUT2D eigenvalue weighted by Crippen LogP contribution is 2.35. The zero-order valence-electron chi connectivity index (χ0n) is 17.0. The molecule has 2 aliphatic rings. The van der Waals surface area contributed by atoms with Gasteiger partial charge in [-0.2, -0.15) is 5.10 Å². The summed E-state index contributed by atoms with van der Waals surface area (Å²) in [6.45, 7) is 3.00. The van der Waals surface area contributed by atoms with Gasteiger partial charge >= 0.3 is 5.69 Å². The molecule has 1 aliphatic heterocycles. The van der Waals surface area contributed by atoms with Crippen LogP contribution in [0.4, 0.5) is 0 Å². The minimum Gasteiger partial charge on any atom is -0.340 e. The number of likely N-dealkylation sites (tertiary alicyclic amines) is 1. The number of amides is 1. The van der Waals surface area contributed by atoms with Gasteiger partial charge < -0.3 is 4.90 Å². The van der Waals surface area contributed by atoms with Gasteiger partial charge in [-0.05, 0) is 62.6 Å². The summed E-state index contributed by atoms with van der Waals surface area (Å²) in [7, 11) is 0. The maximum absolute atomic E-state index is 12.4. The van der Waals surface area contributed by atoms with Gasteiger partial charge in [0.15, 0.2) is 0 Å². The molecule has 8 heteroatoms. The smallest absolute Gasteiger partial charge is 0.333 e. The van der Waals surface area contributed by atoms with Crippen LogP contribution in [0.1, 0.15) is 38.2 Å². The SMILES string of the molecule is C[C@H]1C[C@H](Cc2ccn3ncc(-n4ccc(=O)[nH]c4=O)c3c2)CCN1C(=O)C1CC1. The Morgan fingerprint density at radius 3 is 2.77 bits per heavy atom. The molecule has 3 aromatic rings. The number of nitrogens with zero attached hydrogens (tertiary/aromatic N) is 4. The standard InChI is InChI=1S/C22H25N5O3/c1-14-10-15(4-7-25(14)21(29)17-2-3-17)11-16-5-9-27-18(12-16)19(13-23-27)26-8-6-20(28)24-22(26)30/h5-6,8-9,12-15,17H,2-4,7,10-11H2,1H3,(H,24,28,30)/t14-,15+/m0/s1. The first-order valence-electron chi connectivity index (χ1n) is 10.6. The summed E-state index contributed by atoms with van der Waals surface area (Å²) >= 11 is 0. The van der Waals surface area contributed by atoms with E-state index in [-0.39, 0.29) is 12.0 Å². The van der Waals surface area contributed by atoms with Crippen molar-refractivity contribution in [3.63, 3.8) is 0 Å². The third-order valence-electron chi connectivity index (χ3n) is 6.37. The topological polar surface area (TPSA) is 92.5 Å². The Bertz CT molecular complexity index is 1220. The average molecular weight is 407 g/mol. The van der Waals surface area contributed by atoms with Gasteiger partial charge in [0.1, 0.15) is 0 Å². The molecule has 30 heavy (non-hydrogen) atoms. The number of aromatic nitrogens is 4. The van der Waals surface area contributed by atoms with Crippen molar-refractivity contribution in [1.29, 1.82) is 0 Å². The lowest BCUT2D eigenvalue weighted by Gasteiger charge is -2.38. The molecule has 2 fully saturated rings. The summed E-state index contributed by atoms with van der Waals surface area (Å²) in [5, 5.41) is 4.33. The minimum atomic E-state index is -0.482. The lowest BCUT2D eigenvalue weighted by atomic mass is 9.86. The van der Waals surface area contributed by atoms with E-state index in [9.17, 15) is 14.4 Å². The lowest BCUT2D eigenvalue weighted by Crippen LogP contribution is -2.45. The van der Waals surface area contributed by atoms with E-state index in [1.54, 1.807) is 10.7 Å². The summed E-state index contributed by atoms with van der Waals surface area (Å²) < 4.78 is 3.13. The van der Waals surface area contributed by atoms with Crippen molar-refractivity contribution in [2.24, 2.45) is 11.8 Å². The maximum Gasteiger partial charge on any atom is 0.333 e. The van der Waals surface area contributed by atoms with Crippen molar-refractivity contribution in [2.75, 3.05) is 6.54 Å². The van der Waals surface area contributed by atoms with E-state index in [0.717, 1.165) is 44.2 Å². The molecule has 1 N–H and O–H groups in total. The Morgan fingerprint density at radius 1 is 1.20 bits per heavy atom. The van der Waals surface area contributed by atoms with Crippen LogP contribution >= 0.6 is 0 Å². The van der Waals surface area contributed by atoms with Gasteiger partial charge in [0, 0.05) is 37.0 Å². The van der Waals surface area contributed by atoms with Crippen LogP contribution in [-0.4, -0.2) is 42.6 Å². The van der Waals surface area contributed by atoms with Crippen LogP contribution in [-0.2, 0) is 11.2 Å². The number of nitrogens with one attached hydrogen (secondary N) is 1. The molecule has 4 heterocycles. The lowest BCUT2D eigenvalue weighted by molar-refractivity contribution is -0.136. The van der Waals surface area contributed by atoms with Gasteiger partial charge in [0.2, 0.25) is 5.91 Å². The quantitative estimate of drug-likeness (QED) is 0.713. The van der Waals surface area contributed by atoms with Crippen LogP contribution in [0.5, 0.6) is 0 Å². The number of aromatic amines is 1. The number of hydrogen-bond donors (Lipinski definition) is 1. The van der Waals surface area contributed by atoms with Crippen molar-refractivity contribution in [3.05, 3.63) is 63.2 Å². The van der Waals surface area contributed by atoms with Gasteiger partial charge in [0.25, 0.3) is 5.56 Å². The van der Waals surface area contributed by atoms with Crippen LogP contribution in [0.15, 0.2) is 46.4 Å². The van der Waals surface area contributed by atoms with Crippen LogP contribution in [0.25, 0.3) is 11.2 Å². The molecule has 5 rings (SSSR count). The molecule has 0 unspecified atom stereocenters. The van der Waals surface area contributed by atoms with Gasteiger partial charge in [-0.15, -0.1) is 0 Å². The molecule has 3 aromatic heterocycles.